The SMILES string of the molecule is O=C(O)c1ccc(CCNC(=O)c2ccc(Cl)c([N+](=O)[O-])c2)cc1. The number of rotatable bonds is 6. The Kier molecular flexibility index (Phi) is 5.49. The summed E-state index contributed by atoms with van der Waals surface area (Å²) < 4.78 is 0. The van der Waals surface area contributed by atoms with E-state index in [4.69, 9.17) is 16.7 Å². The molecule has 0 spiro atoms. The number of amides is 1. The summed E-state index contributed by atoms with van der Waals surface area (Å²) in [5.74, 6) is -1.45. The molecule has 0 unspecified atom stereocenters. The smallest absolute Gasteiger partial charge is 0.335 e. The monoisotopic (exact) mass is 348 g/mol. The highest BCUT2D eigenvalue weighted by molar-refractivity contribution is 6.32. The molecule has 7 nitrogen and oxygen atoms in total. The predicted octanol–water partition coefficient (Wildman–Crippen LogP) is 2.92. The van der Waals surface area contributed by atoms with Crippen LogP contribution in [0.4, 0.5) is 5.69 Å². The van der Waals surface area contributed by atoms with Gasteiger partial charge in [0.05, 0.1) is 10.5 Å². The zero-order valence-corrected chi connectivity index (χ0v) is 13.1. The maximum absolute atomic E-state index is 12.0. The fourth-order valence-corrected chi connectivity index (χ4v) is 2.22. The van der Waals surface area contributed by atoms with E-state index in [1.807, 2.05) is 0 Å². The van der Waals surface area contributed by atoms with E-state index in [-0.39, 0.29) is 21.8 Å². The van der Waals surface area contributed by atoms with Crippen LogP contribution in [0.3, 0.4) is 0 Å². The van der Waals surface area contributed by atoms with Crippen LogP contribution in [0, 0.1) is 10.1 Å². The molecule has 2 aromatic carbocycles. The lowest BCUT2D eigenvalue weighted by molar-refractivity contribution is -0.384. The summed E-state index contributed by atoms with van der Waals surface area (Å²) >= 11 is 5.70. The molecule has 0 aromatic heterocycles. The molecule has 0 bridgehead atoms. The molecule has 24 heavy (non-hydrogen) atoms. The number of carboxylic acids is 1. The third-order valence-electron chi connectivity index (χ3n) is 3.31. The van der Waals surface area contributed by atoms with Crippen molar-refractivity contribution in [2.24, 2.45) is 0 Å². The molecule has 0 aliphatic carbocycles. The van der Waals surface area contributed by atoms with Gasteiger partial charge in [-0.3, -0.25) is 14.9 Å². The number of nitrogens with zero attached hydrogens (tertiary/aromatic N) is 1. The number of carboxylic acid groups (broad SMARTS) is 1. The van der Waals surface area contributed by atoms with Gasteiger partial charge in [-0.05, 0) is 36.2 Å². The van der Waals surface area contributed by atoms with Crippen LogP contribution in [0.1, 0.15) is 26.3 Å². The van der Waals surface area contributed by atoms with Crippen LogP contribution < -0.4 is 5.32 Å². The maximum atomic E-state index is 12.0. The number of hydrogen-bond donors (Lipinski definition) is 2. The van der Waals surface area contributed by atoms with Crippen LogP contribution in [0.5, 0.6) is 0 Å². The topological polar surface area (TPSA) is 110 Å². The standard InChI is InChI=1S/C16H13ClN2O5/c17-13-6-5-12(9-14(13)19(23)24)15(20)18-8-7-10-1-3-11(4-2-10)16(21)22/h1-6,9H,7-8H2,(H,18,20)(H,21,22). The number of nitro groups is 1. The lowest BCUT2D eigenvalue weighted by Gasteiger charge is -2.06. The predicted molar refractivity (Wildman–Crippen MR) is 87.5 cm³/mol. The number of aromatic carboxylic acids is 1. The summed E-state index contributed by atoms with van der Waals surface area (Å²) in [6.07, 6.45) is 0.501. The van der Waals surface area contributed by atoms with E-state index in [1.54, 1.807) is 12.1 Å². The first kappa shape index (κ1) is 17.4. The summed E-state index contributed by atoms with van der Waals surface area (Å²) in [4.78, 5) is 32.9. The van der Waals surface area contributed by atoms with Gasteiger partial charge in [0.15, 0.2) is 0 Å². The fourth-order valence-electron chi connectivity index (χ4n) is 2.03. The minimum Gasteiger partial charge on any atom is -0.478 e. The number of hydrogen-bond acceptors (Lipinski definition) is 4. The molecule has 0 aliphatic rings. The average Bonchev–Trinajstić information content (AvgIpc) is 2.55. The normalized spacial score (nSPS) is 10.2. The highest BCUT2D eigenvalue weighted by Gasteiger charge is 2.16. The van der Waals surface area contributed by atoms with Crippen molar-refractivity contribution >= 4 is 29.2 Å². The largest absolute Gasteiger partial charge is 0.478 e. The molecule has 0 saturated heterocycles. The first-order valence-corrected chi connectivity index (χ1v) is 7.30. The van der Waals surface area contributed by atoms with Crippen molar-refractivity contribution in [2.45, 2.75) is 6.42 Å². The highest BCUT2D eigenvalue weighted by atomic mass is 35.5. The average molecular weight is 349 g/mol. The van der Waals surface area contributed by atoms with E-state index in [0.29, 0.717) is 13.0 Å². The molecule has 0 saturated carbocycles. The number of halogens is 1. The van der Waals surface area contributed by atoms with Gasteiger partial charge >= 0.3 is 5.97 Å². The Morgan fingerprint density at radius 1 is 1.12 bits per heavy atom. The Labute approximate surface area is 142 Å². The van der Waals surface area contributed by atoms with E-state index >= 15 is 0 Å². The highest BCUT2D eigenvalue weighted by Crippen LogP contribution is 2.24. The molecule has 2 rings (SSSR count). The molecule has 2 aromatic rings. The fraction of sp³-hybridized carbons (Fsp3) is 0.125. The van der Waals surface area contributed by atoms with Crippen LogP contribution in [-0.2, 0) is 6.42 Å². The van der Waals surface area contributed by atoms with Gasteiger partial charge in [0.2, 0.25) is 0 Å². The van der Waals surface area contributed by atoms with Gasteiger partial charge in [0.1, 0.15) is 5.02 Å². The number of carbonyl (C=O) groups is 2. The Morgan fingerprint density at radius 2 is 1.75 bits per heavy atom. The van der Waals surface area contributed by atoms with Crippen molar-refractivity contribution in [3.05, 3.63) is 74.3 Å². The summed E-state index contributed by atoms with van der Waals surface area (Å²) in [6.45, 7) is 0.307. The van der Waals surface area contributed by atoms with Crippen LogP contribution in [0.2, 0.25) is 5.02 Å². The van der Waals surface area contributed by atoms with Crippen molar-refractivity contribution in [1.82, 2.24) is 5.32 Å². The molecule has 0 fully saturated rings. The van der Waals surface area contributed by atoms with E-state index < -0.39 is 16.8 Å². The van der Waals surface area contributed by atoms with Crippen LogP contribution in [-0.4, -0.2) is 28.5 Å². The van der Waals surface area contributed by atoms with Crippen molar-refractivity contribution in [1.29, 1.82) is 0 Å². The Bertz CT molecular complexity index is 790. The van der Waals surface area contributed by atoms with Crippen molar-refractivity contribution in [3.8, 4) is 0 Å². The quantitative estimate of drug-likeness (QED) is 0.616. The summed E-state index contributed by atoms with van der Waals surface area (Å²) in [5.41, 5.74) is 0.875. The lowest BCUT2D eigenvalue weighted by atomic mass is 10.1. The first-order chi connectivity index (χ1) is 11.4. The summed E-state index contributed by atoms with van der Waals surface area (Å²) in [5, 5.41) is 22.3. The lowest BCUT2D eigenvalue weighted by Crippen LogP contribution is -2.25. The molecular weight excluding hydrogens is 336 g/mol. The molecule has 124 valence electrons. The van der Waals surface area contributed by atoms with E-state index in [1.165, 1.54) is 24.3 Å². The molecular formula is C16H13ClN2O5. The molecule has 8 heteroatoms. The van der Waals surface area contributed by atoms with Crippen molar-refractivity contribution in [2.75, 3.05) is 6.54 Å². The zero-order valence-electron chi connectivity index (χ0n) is 12.4. The Morgan fingerprint density at radius 3 is 2.33 bits per heavy atom. The molecule has 2 N–H and O–H groups in total. The minimum atomic E-state index is -1.00. The molecule has 0 heterocycles. The van der Waals surface area contributed by atoms with Gasteiger partial charge in [0, 0.05) is 18.2 Å². The van der Waals surface area contributed by atoms with Gasteiger partial charge in [-0.15, -0.1) is 0 Å². The van der Waals surface area contributed by atoms with Crippen LogP contribution in [0.25, 0.3) is 0 Å². The maximum Gasteiger partial charge on any atom is 0.335 e. The van der Waals surface area contributed by atoms with Crippen molar-refractivity contribution in [3.63, 3.8) is 0 Å². The van der Waals surface area contributed by atoms with Gasteiger partial charge < -0.3 is 10.4 Å². The van der Waals surface area contributed by atoms with E-state index in [2.05, 4.69) is 5.32 Å². The van der Waals surface area contributed by atoms with Gasteiger partial charge in [-0.1, -0.05) is 23.7 Å². The van der Waals surface area contributed by atoms with Crippen LogP contribution >= 0.6 is 11.6 Å². The minimum absolute atomic E-state index is 0.0323. The first-order valence-electron chi connectivity index (χ1n) is 6.93. The number of nitrogens with one attached hydrogen (secondary N) is 1. The van der Waals surface area contributed by atoms with E-state index in [9.17, 15) is 19.7 Å². The Hall–Kier alpha value is -2.93. The Balaban J connectivity index is 1.95. The van der Waals surface area contributed by atoms with Gasteiger partial charge in [-0.2, -0.15) is 0 Å². The second kappa shape index (κ2) is 7.56. The number of carbonyl (C=O) groups excluding carboxylic acids is 1. The van der Waals surface area contributed by atoms with Gasteiger partial charge in [0.25, 0.3) is 11.6 Å². The number of benzene rings is 2. The van der Waals surface area contributed by atoms with Gasteiger partial charge in [-0.25, -0.2) is 4.79 Å². The van der Waals surface area contributed by atoms with E-state index in [0.717, 1.165) is 11.6 Å². The van der Waals surface area contributed by atoms with Crippen molar-refractivity contribution < 1.29 is 19.6 Å². The second-order valence-electron chi connectivity index (χ2n) is 4.93. The zero-order chi connectivity index (χ0) is 17.7. The molecule has 0 aliphatic heterocycles. The molecule has 0 radical (unpaired) electrons. The number of nitro benzene ring substituents is 1. The van der Waals surface area contributed by atoms with Crippen LogP contribution in [0.15, 0.2) is 42.5 Å². The summed E-state index contributed by atoms with van der Waals surface area (Å²) in [7, 11) is 0. The third kappa shape index (κ3) is 4.30. The molecule has 1 amide bonds. The summed E-state index contributed by atoms with van der Waals surface area (Å²) in [6, 6.07) is 10.2. The molecule has 0 atom stereocenters. The third-order valence-corrected chi connectivity index (χ3v) is 3.62. The second-order valence-corrected chi connectivity index (χ2v) is 5.34.